The van der Waals surface area contributed by atoms with Crippen molar-refractivity contribution < 1.29 is 4.90 Å². The summed E-state index contributed by atoms with van der Waals surface area (Å²) in [6.45, 7) is 7.48. The number of benzene rings is 1. The molecule has 3 rings (SSSR count). The van der Waals surface area contributed by atoms with Crippen LogP contribution in [-0.4, -0.2) is 27.4 Å². The summed E-state index contributed by atoms with van der Waals surface area (Å²) in [6, 6.07) is 8.45. The molecule has 1 aliphatic rings. The SMILES string of the molecule is Cc1ccc(-n2c(C)nn(C[NH+]3CCCCC3)c2=S)cc1. The molecule has 0 aliphatic carbocycles. The molecule has 4 nitrogen and oxygen atoms in total. The van der Waals surface area contributed by atoms with E-state index in [0.717, 1.165) is 23.0 Å². The first kappa shape index (κ1) is 14.5. The molecule has 1 aromatic carbocycles. The molecule has 0 amide bonds. The number of likely N-dealkylation sites (tertiary alicyclic amines) is 1. The zero-order chi connectivity index (χ0) is 14.8. The highest BCUT2D eigenvalue weighted by molar-refractivity contribution is 7.71. The lowest BCUT2D eigenvalue weighted by Gasteiger charge is -2.22. The van der Waals surface area contributed by atoms with E-state index in [1.807, 2.05) is 11.6 Å². The number of quaternary nitrogens is 1. The Balaban J connectivity index is 1.89. The number of aromatic nitrogens is 3. The largest absolute Gasteiger partial charge is 0.316 e. The van der Waals surface area contributed by atoms with E-state index in [2.05, 4.69) is 40.9 Å². The highest BCUT2D eigenvalue weighted by Crippen LogP contribution is 2.12. The van der Waals surface area contributed by atoms with Crippen LogP contribution in [0.1, 0.15) is 30.7 Å². The molecular weight excluding hydrogens is 280 g/mol. The lowest BCUT2D eigenvalue weighted by molar-refractivity contribution is -0.928. The van der Waals surface area contributed by atoms with E-state index in [4.69, 9.17) is 12.2 Å². The summed E-state index contributed by atoms with van der Waals surface area (Å²) >= 11 is 5.65. The molecule has 1 aliphatic heterocycles. The van der Waals surface area contributed by atoms with Crippen LogP contribution in [0.25, 0.3) is 5.69 Å². The second-order valence-corrected chi connectivity index (χ2v) is 6.33. The Morgan fingerprint density at radius 1 is 1.10 bits per heavy atom. The van der Waals surface area contributed by atoms with E-state index in [-0.39, 0.29) is 0 Å². The molecule has 1 fully saturated rings. The lowest BCUT2D eigenvalue weighted by atomic mass is 10.1. The molecule has 1 aromatic heterocycles. The summed E-state index contributed by atoms with van der Waals surface area (Å²) in [7, 11) is 0. The summed E-state index contributed by atoms with van der Waals surface area (Å²) in [6.07, 6.45) is 4.01. The van der Waals surface area contributed by atoms with E-state index in [1.165, 1.54) is 37.9 Å². The van der Waals surface area contributed by atoms with Gasteiger partial charge in [0.15, 0.2) is 6.67 Å². The predicted octanol–water partition coefficient (Wildman–Crippen LogP) is 2.05. The summed E-state index contributed by atoms with van der Waals surface area (Å²) in [5, 5.41) is 4.66. The van der Waals surface area contributed by atoms with E-state index in [0.29, 0.717) is 0 Å². The van der Waals surface area contributed by atoms with Crippen LogP contribution in [0.3, 0.4) is 0 Å². The molecule has 112 valence electrons. The van der Waals surface area contributed by atoms with Gasteiger partial charge in [-0.15, -0.1) is 0 Å². The van der Waals surface area contributed by atoms with E-state index < -0.39 is 0 Å². The number of piperidine rings is 1. The van der Waals surface area contributed by atoms with Gasteiger partial charge in [0.2, 0.25) is 4.77 Å². The standard InChI is InChI=1S/C16H22N4S/c1-13-6-8-15(9-7-13)20-14(2)17-19(16(20)21)12-18-10-4-3-5-11-18/h6-9H,3-5,10-12H2,1-2H3/p+1. The van der Waals surface area contributed by atoms with Crippen molar-refractivity contribution in [1.82, 2.24) is 14.3 Å². The molecule has 0 spiro atoms. The van der Waals surface area contributed by atoms with Crippen molar-refractivity contribution in [3.63, 3.8) is 0 Å². The topological polar surface area (TPSA) is 27.2 Å². The fourth-order valence-corrected chi connectivity index (χ4v) is 3.37. The summed E-state index contributed by atoms with van der Waals surface area (Å²) in [5.74, 6) is 0.959. The zero-order valence-corrected chi connectivity index (χ0v) is 13.6. The van der Waals surface area contributed by atoms with Gasteiger partial charge >= 0.3 is 0 Å². The van der Waals surface area contributed by atoms with Crippen LogP contribution in [0.2, 0.25) is 0 Å². The monoisotopic (exact) mass is 303 g/mol. The average Bonchev–Trinajstić information content (AvgIpc) is 2.76. The van der Waals surface area contributed by atoms with Crippen LogP contribution in [-0.2, 0) is 6.67 Å². The molecule has 2 aromatic rings. The number of hydrogen-bond acceptors (Lipinski definition) is 2. The Hall–Kier alpha value is -1.46. The highest BCUT2D eigenvalue weighted by atomic mass is 32.1. The first-order valence-electron chi connectivity index (χ1n) is 7.72. The van der Waals surface area contributed by atoms with Crippen molar-refractivity contribution in [3.8, 4) is 5.69 Å². The fourth-order valence-electron chi connectivity index (χ4n) is 3.03. The first-order valence-corrected chi connectivity index (χ1v) is 8.13. The number of hydrogen-bond donors (Lipinski definition) is 1. The minimum absolute atomic E-state index is 0.800. The maximum atomic E-state index is 5.65. The van der Waals surface area contributed by atoms with Gasteiger partial charge in [-0.05, 0) is 57.5 Å². The van der Waals surface area contributed by atoms with Crippen LogP contribution < -0.4 is 4.90 Å². The fraction of sp³-hybridized carbons (Fsp3) is 0.500. The Morgan fingerprint density at radius 3 is 2.43 bits per heavy atom. The summed E-state index contributed by atoms with van der Waals surface area (Å²) in [4.78, 5) is 1.59. The molecular formula is C16H23N4S+. The van der Waals surface area contributed by atoms with Crippen molar-refractivity contribution in [1.29, 1.82) is 0 Å². The second kappa shape index (κ2) is 6.12. The van der Waals surface area contributed by atoms with Gasteiger partial charge in [-0.1, -0.05) is 17.7 Å². The van der Waals surface area contributed by atoms with Crippen LogP contribution in [0, 0.1) is 18.6 Å². The zero-order valence-electron chi connectivity index (χ0n) is 12.8. The molecule has 5 heteroatoms. The maximum absolute atomic E-state index is 5.65. The van der Waals surface area contributed by atoms with Crippen molar-refractivity contribution in [2.24, 2.45) is 0 Å². The van der Waals surface area contributed by atoms with E-state index in [1.54, 1.807) is 4.90 Å². The maximum Gasteiger partial charge on any atom is 0.207 e. The number of nitrogens with one attached hydrogen (secondary N) is 1. The van der Waals surface area contributed by atoms with Gasteiger partial charge in [0.05, 0.1) is 13.1 Å². The van der Waals surface area contributed by atoms with Gasteiger partial charge in [-0.2, -0.15) is 9.78 Å². The number of rotatable bonds is 3. The quantitative estimate of drug-likeness (QED) is 0.879. The van der Waals surface area contributed by atoms with Gasteiger partial charge in [-0.25, -0.2) is 0 Å². The molecule has 0 bridgehead atoms. The lowest BCUT2D eigenvalue weighted by Crippen LogP contribution is -3.12. The second-order valence-electron chi connectivity index (χ2n) is 5.97. The Morgan fingerprint density at radius 2 is 1.76 bits per heavy atom. The highest BCUT2D eigenvalue weighted by Gasteiger charge is 2.17. The molecule has 0 unspecified atom stereocenters. The predicted molar refractivity (Wildman–Crippen MR) is 86.4 cm³/mol. The van der Waals surface area contributed by atoms with Crippen LogP contribution >= 0.6 is 12.2 Å². The molecule has 0 saturated carbocycles. The summed E-state index contributed by atoms with van der Waals surface area (Å²) < 4.78 is 4.86. The minimum atomic E-state index is 0.800. The first-order chi connectivity index (χ1) is 10.1. The van der Waals surface area contributed by atoms with Gasteiger partial charge in [-0.3, -0.25) is 4.57 Å². The molecule has 0 atom stereocenters. The van der Waals surface area contributed by atoms with E-state index >= 15 is 0 Å². The molecule has 1 N–H and O–H groups in total. The van der Waals surface area contributed by atoms with Crippen molar-refractivity contribution in [2.75, 3.05) is 13.1 Å². The molecule has 21 heavy (non-hydrogen) atoms. The van der Waals surface area contributed by atoms with Crippen molar-refractivity contribution >= 4 is 12.2 Å². The van der Waals surface area contributed by atoms with Gasteiger partial charge in [0, 0.05) is 5.69 Å². The molecule has 2 heterocycles. The molecule has 1 saturated heterocycles. The number of nitrogens with zero attached hydrogens (tertiary/aromatic N) is 3. The minimum Gasteiger partial charge on any atom is -0.316 e. The smallest absolute Gasteiger partial charge is 0.207 e. The third-order valence-corrected chi connectivity index (χ3v) is 4.62. The van der Waals surface area contributed by atoms with Gasteiger partial charge in [0.1, 0.15) is 5.82 Å². The normalized spacial score (nSPS) is 16.3. The van der Waals surface area contributed by atoms with Crippen LogP contribution in [0.5, 0.6) is 0 Å². The average molecular weight is 303 g/mol. The number of aryl methyl sites for hydroxylation is 2. The Labute approximate surface area is 131 Å². The molecule has 0 radical (unpaired) electrons. The van der Waals surface area contributed by atoms with Crippen molar-refractivity contribution in [2.45, 2.75) is 39.8 Å². The van der Waals surface area contributed by atoms with E-state index in [9.17, 15) is 0 Å². The van der Waals surface area contributed by atoms with Crippen molar-refractivity contribution in [3.05, 3.63) is 40.4 Å². The Kier molecular flexibility index (Phi) is 4.22. The van der Waals surface area contributed by atoms with Crippen LogP contribution in [0.4, 0.5) is 0 Å². The third-order valence-electron chi connectivity index (χ3n) is 4.23. The van der Waals surface area contributed by atoms with Gasteiger partial charge < -0.3 is 4.90 Å². The van der Waals surface area contributed by atoms with Gasteiger partial charge in [0.25, 0.3) is 0 Å². The summed E-state index contributed by atoms with van der Waals surface area (Å²) in [5.41, 5.74) is 2.36. The third kappa shape index (κ3) is 3.09. The Bertz CT molecular complexity index is 663. The van der Waals surface area contributed by atoms with Crippen LogP contribution in [0.15, 0.2) is 24.3 Å².